The van der Waals surface area contributed by atoms with Gasteiger partial charge in [-0.1, -0.05) is 11.6 Å². The van der Waals surface area contributed by atoms with Gasteiger partial charge in [0.2, 0.25) is 5.91 Å². The van der Waals surface area contributed by atoms with Crippen LogP contribution >= 0.6 is 11.6 Å². The normalized spacial score (nSPS) is 11.5. The van der Waals surface area contributed by atoms with Gasteiger partial charge in [0.25, 0.3) is 0 Å². The van der Waals surface area contributed by atoms with Crippen LogP contribution in [0.1, 0.15) is 6.42 Å². The third kappa shape index (κ3) is 4.73. The Morgan fingerprint density at radius 2 is 2.05 bits per heavy atom. The van der Waals surface area contributed by atoms with Gasteiger partial charge in [-0.2, -0.15) is 0 Å². The molecular formula is C11H11ClFN3O4. The van der Waals surface area contributed by atoms with Crippen LogP contribution < -0.4 is 16.4 Å². The smallest absolute Gasteiger partial charge is 0.326 e. The number of halogens is 2. The first kappa shape index (κ1) is 15.7. The fourth-order valence-corrected chi connectivity index (χ4v) is 1.48. The number of benzene rings is 1. The van der Waals surface area contributed by atoms with E-state index in [2.05, 4.69) is 5.32 Å². The Bertz CT molecular complexity index is 552. The minimum Gasteiger partial charge on any atom is -0.480 e. The molecule has 0 unspecified atom stereocenters. The van der Waals surface area contributed by atoms with Crippen molar-refractivity contribution in [2.24, 2.45) is 5.73 Å². The monoisotopic (exact) mass is 303 g/mol. The summed E-state index contributed by atoms with van der Waals surface area (Å²) in [6.45, 7) is 0. The maximum Gasteiger partial charge on any atom is 0.326 e. The van der Waals surface area contributed by atoms with Gasteiger partial charge in [-0.25, -0.2) is 14.0 Å². The molecule has 9 heteroatoms. The number of carboxylic acid groups (broad SMARTS) is 1. The Kier molecular flexibility index (Phi) is 5.27. The average Bonchev–Trinajstić information content (AvgIpc) is 2.32. The minimum absolute atomic E-state index is 0.164. The Morgan fingerprint density at radius 1 is 1.40 bits per heavy atom. The summed E-state index contributed by atoms with van der Waals surface area (Å²) in [5.74, 6) is -2.94. The third-order valence-electron chi connectivity index (χ3n) is 2.19. The molecular weight excluding hydrogens is 293 g/mol. The zero-order chi connectivity index (χ0) is 15.3. The number of hydrogen-bond donors (Lipinski definition) is 4. The van der Waals surface area contributed by atoms with E-state index in [0.717, 1.165) is 12.1 Å². The maximum atomic E-state index is 12.9. The van der Waals surface area contributed by atoms with Gasteiger partial charge in [-0.3, -0.25) is 4.79 Å². The third-order valence-corrected chi connectivity index (χ3v) is 2.48. The Hall–Kier alpha value is -2.35. The number of carboxylic acids is 1. The highest BCUT2D eigenvalue weighted by atomic mass is 35.5. The lowest BCUT2D eigenvalue weighted by molar-refractivity contribution is -0.140. The highest BCUT2D eigenvalue weighted by Gasteiger charge is 2.22. The Labute approximate surface area is 117 Å². The van der Waals surface area contributed by atoms with Crippen molar-refractivity contribution in [1.82, 2.24) is 5.32 Å². The van der Waals surface area contributed by atoms with E-state index in [1.165, 1.54) is 6.07 Å². The molecule has 1 rings (SSSR count). The zero-order valence-corrected chi connectivity index (χ0v) is 10.8. The van der Waals surface area contributed by atoms with Crippen LogP contribution in [0.4, 0.5) is 14.9 Å². The molecule has 0 aliphatic carbocycles. The molecule has 3 amide bonds. The van der Waals surface area contributed by atoms with E-state index in [1.807, 2.05) is 5.32 Å². The van der Waals surface area contributed by atoms with E-state index in [0.29, 0.717) is 0 Å². The number of carbonyl (C=O) groups is 3. The summed E-state index contributed by atoms with van der Waals surface area (Å²) in [4.78, 5) is 33.0. The molecule has 0 aliphatic heterocycles. The predicted octanol–water partition coefficient (Wildman–Crippen LogP) is 0.929. The van der Waals surface area contributed by atoms with E-state index < -0.39 is 36.2 Å². The highest BCUT2D eigenvalue weighted by Crippen LogP contribution is 2.19. The van der Waals surface area contributed by atoms with Gasteiger partial charge in [0.15, 0.2) is 0 Å². The van der Waals surface area contributed by atoms with Gasteiger partial charge in [-0.15, -0.1) is 0 Å². The second-order valence-corrected chi connectivity index (χ2v) is 4.20. The van der Waals surface area contributed by atoms with Crippen molar-refractivity contribution in [3.63, 3.8) is 0 Å². The standard InChI is InChI=1S/C11H11ClFN3O4/c12-6-3-5(1-2-7(6)13)15-11(20)16-8(10(18)19)4-9(14)17/h1-3,8H,4H2,(H2,14,17)(H,18,19)(H2,15,16,20)/t8-/m1/s1. The Balaban J connectivity index is 2.67. The lowest BCUT2D eigenvalue weighted by Crippen LogP contribution is -2.45. The summed E-state index contributed by atoms with van der Waals surface area (Å²) in [7, 11) is 0. The SMILES string of the molecule is NC(=O)C[C@@H](NC(=O)Nc1ccc(F)c(Cl)c1)C(=O)O. The van der Waals surface area contributed by atoms with Crippen molar-refractivity contribution in [2.75, 3.05) is 5.32 Å². The molecule has 1 aromatic rings. The number of primary amides is 1. The van der Waals surface area contributed by atoms with E-state index >= 15 is 0 Å². The summed E-state index contributed by atoms with van der Waals surface area (Å²) >= 11 is 5.52. The van der Waals surface area contributed by atoms with E-state index in [4.69, 9.17) is 22.4 Å². The summed E-state index contributed by atoms with van der Waals surface area (Å²) in [6.07, 6.45) is -0.549. The summed E-state index contributed by atoms with van der Waals surface area (Å²) in [5.41, 5.74) is 5.03. The minimum atomic E-state index is -1.46. The van der Waals surface area contributed by atoms with Crippen LogP contribution in [0.25, 0.3) is 0 Å². The van der Waals surface area contributed by atoms with Gasteiger partial charge in [-0.05, 0) is 18.2 Å². The van der Waals surface area contributed by atoms with Crippen LogP contribution in [0.15, 0.2) is 18.2 Å². The first-order valence-corrected chi connectivity index (χ1v) is 5.71. The van der Waals surface area contributed by atoms with Crippen molar-refractivity contribution >= 4 is 35.2 Å². The van der Waals surface area contributed by atoms with Crippen LogP contribution in [-0.2, 0) is 9.59 Å². The zero-order valence-electron chi connectivity index (χ0n) is 10.0. The summed E-state index contributed by atoms with van der Waals surface area (Å²) in [6, 6.07) is 1.09. The fraction of sp³-hybridized carbons (Fsp3) is 0.182. The van der Waals surface area contributed by atoms with Crippen molar-refractivity contribution in [3.05, 3.63) is 29.0 Å². The molecule has 0 fully saturated rings. The van der Waals surface area contributed by atoms with Crippen molar-refractivity contribution in [3.8, 4) is 0 Å². The quantitative estimate of drug-likeness (QED) is 0.646. The maximum absolute atomic E-state index is 12.9. The number of nitrogens with two attached hydrogens (primary N) is 1. The number of aliphatic carboxylic acids is 1. The molecule has 0 radical (unpaired) electrons. The van der Waals surface area contributed by atoms with Crippen molar-refractivity contribution < 1.29 is 23.9 Å². The predicted molar refractivity (Wildman–Crippen MR) is 68.8 cm³/mol. The fourth-order valence-electron chi connectivity index (χ4n) is 1.30. The number of nitrogens with one attached hydrogen (secondary N) is 2. The van der Waals surface area contributed by atoms with Gasteiger partial charge in [0.1, 0.15) is 11.9 Å². The van der Waals surface area contributed by atoms with Gasteiger partial charge in [0.05, 0.1) is 11.4 Å². The molecule has 0 aromatic heterocycles. The molecule has 1 aromatic carbocycles. The molecule has 0 saturated heterocycles. The Morgan fingerprint density at radius 3 is 2.55 bits per heavy atom. The van der Waals surface area contributed by atoms with Crippen molar-refractivity contribution in [2.45, 2.75) is 12.5 Å². The van der Waals surface area contributed by atoms with Gasteiger partial charge < -0.3 is 21.5 Å². The van der Waals surface area contributed by atoms with Crippen LogP contribution in [-0.4, -0.2) is 29.1 Å². The number of anilines is 1. The molecule has 0 heterocycles. The van der Waals surface area contributed by atoms with Crippen LogP contribution in [0.2, 0.25) is 5.02 Å². The largest absolute Gasteiger partial charge is 0.480 e. The number of carbonyl (C=O) groups excluding carboxylic acids is 2. The van der Waals surface area contributed by atoms with Crippen LogP contribution in [0, 0.1) is 5.82 Å². The highest BCUT2D eigenvalue weighted by molar-refractivity contribution is 6.31. The van der Waals surface area contributed by atoms with E-state index in [-0.39, 0.29) is 10.7 Å². The van der Waals surface area contributed by atoms with Crippen LogP contribution in [0.5, 0.6) is 0 Å². The number of urea groups is 1. The lowest BCUT2D eigenvalue weighted by atomic mass is 10.2. The first-order chi connectivity index (χ1) is 9.29. The molecule has 1 atom stereocenters. The number of hydrogen-bond acceptors (Lipinski definition) is 3. The van der Waals surface area contributed by atoms with Gasteiger partial charge >= 0.3 is 12.0 Å². The summed E-state index contributed by atoms with van der Waals surface area (Å²) < 4.78 is 12.9. The van der Waals surface area contributed by atoms with Crippen molar-refractivity contribution in [1.29, 1.82) is 0 Å². The summed E-state index contributed by atoms with van der Waals surface area (Å²) in [5, 5.41) is 12.9. The number of rotatable bonds is 5. The molecule has 0 aliphatic rings. The average molecular weight is 304 g/mol. The molecule has 0 saturated carbocycles. The number of amides is 3. The molecule has 7 nitrogen and oxygen atoms in total. The molecule has 5 N–H and O–H groups in total. The second kappa shape index (κ2) is 6.71. The molecule has 0 bridgehead atoms. The van der Waals surface area contributed by atoms with E-state index in [9.17, 15) is 18.8 Å². The van der Waals surface area contributed by atoms with E-state index in [1.54, 1.807) is 0 Å². The molecule has 20 heavy (non-hydrogen) atoms. The topological polar surface area (TPSA) is 122 Å². The van der Waals surface area contributed by atoms with Crippen LogP contribution in [0.3, 0.4) is 0 Å². The lowest BCUT2D eigenvalue weighted by Gasteiger charge is -2.13. The second-order valence-electron chi connectivity index (χ2n) is 3.79. The van der Waals surface area contributed by atoms with Gasteiger partial charge in [0, 0.05) is 5.69 Å². The molecule has 108 valence electrons. The first-order valence-electron chi connectivity index (χ1n) is 5.33. The molecule has 0 spiro atoms.